The molecule has 1 aliphatic carbocycles. The van der Waals surface area contributed by atoms with Crippen LogP contribution >= 0.6 is 0 Å². The molecule has 0 saturated heterocycles. The van der Waals surface area contributed by atoms with Gasteiger partial charge in [-0.25, -0.2) is 8.42 Å². The van der Waals surface area contributed by atoms with E-state index in [2.05, 4.69) is 0 Å². The minimum Gasteiger partial charge on any atom is -0.452 e. The first kappa shape index (κ1) is 22.4. The molecule has 7 nitrogen and oxygen atoms in total. The number of carbonyl (C=O) groups excluding carboxylic acids is 2. The Bertz CT molecular complexity index is 785. The molecule has 0 unspecified atom stereocenters. The zero-order chi connectivity index (χ0) is 20.9. The number of likely N-dealkylation sites (N-methyl/N-ethyl adjacent to an activating group) is 2. The normalized spacial score (nSPS) is 16.6. The van der Waals surface area contributed by atoms with E-state index < -0.39 is 28.6 Å². The maximum absolute atomic E-state index is 12.6. The molecule has 1 fully saturated rings. The fourth-order valence-corrected chi connectivity index (χ4v) is 4.49. The summed E-state index contributed by atoms with van der Waals surface area (Å²) in [6, 6.07) is 6.56. The van der Waals surface area contributed by atoms with Crippen molar-refractivity contribution in [3.63, 3.8) is 0 Å². The van der Waals surface area contributed by atoms with Gasteiger partial charge in [-0.05, 0) is 38.8 Å². The molecule has 1 aliphatic rings. The van der Waals surface area contributed by atoms with Crippen LogP contribution in [0.3, 0.4) is 0 Å². The van der Waals surface area contributed by atoms with E-state index in [0.29, 0.717) is 0 Å². The Hall–Kier alpha value is -1.93. The van der Waals surface area contributed by atoms with Gasteiger partial charge in [0.2, 0.25) is 10.0 Å². The third kappa shape index (κ3) is 5.54. The average molecular weight is 411 g/mol. The summed E-state index contributed by atoms with van der Waals surface area (Å²) in [6.07, 6.45) is 4.34. The van der Waals surface area contributed by atoms with E-state index in [1.165, 1.54) is 32.5 Å². The second kappa shape index (κ2) is 9.52. The molecule has 2 rings (SSSR count). The van der Waals surface area contributed by atoms with E-state index in [1.54, 1.807) is 24.1 Å². The van der Waals surface area contributed by atoms with Gasteiger partial charge in [-0.3, -0.25) is 9.59 Å². The molecule has 156 valence electrons. The topological polar surface area (TPSA) is 84.0 Å². The van der Waals surface area contributed by atoms with Crippen LogP contribution in [0.4, 0.5) is 0 Å². The number of ether oxygens (including phenoxy) is 1. The Kier molecular flexibility index (Phi) is 7.60. The quantitative estimate of drug-likeness (QED) is 0.644. The SMILES string of the molecule is Cc1ccc(S(=O)(=O)N(C)CC(=O)O[C@@H](C)C(=O)N(C)C2CCCCC2)cc1. The summed E-state index contributed by atoms with van der Waals surface area (Å²) >= 11 is 0. The molecular formula is C20H30N2O5S. The lowest BCUT2D eigenvalue weighted by molar-refractivity contribution is -0.159. The van der Waals surface area contributed by atoms with Gasteiger partial charge in [0.1, 0.15) is 6.54 Å². The van der Waals surface area contributed by atoms with Crippen molar-refractivity contribution in [2.24, 2.45) is 0 Å². The molecule has 1 aromatic carbocycles. The number of sulfonamides is 1. The summed E-state index contributed by atoms with van der Waals surface area (Å²) in [5.41, 5.74) is 0.940. The fraction of sp³-hybridized carbons (Fsp3) is 0.600. The van der Waals surface area contributed by atoms with Crippen molar-refractivity contribution in [1.29, 1.82) is 0 Å². The zero-order valence-corrected chi connectivity index (χ0v) is 17.9. The molecule has 0 spiro atoms. The second-order valence-electron chi connectivity index (χ2n) is 7.45. The fourth-order valence-electron chi connectivity index (χ4n) is 3.38. The molecule has 1 atom stereocenters. The van der Waals surface area contributed by atoms with Crippen LogP contribution in [0.1, 0.15) is 44.6 Å². The smallest absolute Gasteiger partial charge is 0.322 e. The number of hydrogen-bond donors (Lipinski definition) is 0. The van der Waals surface area contributed by atoms with Gasteiger partial charge in [-0.2, -0.15) is 4.31 Å². The summed E-state index contributed by atoms with van der Waals surface area (Å²) in [4.78, 5) is 26.5. The van der Waals surface area contributed by atoms with Gasteiger partial charge in [0.05, 0.1) is 4.90 Å². The summed E-state index contributed by atoms with van der Waals surface area (Å²) in [6.45, 7) is 2.93. The minimum atomic E-state index is -3.80. The highest BCUT2D eigenvalue weighted by atomic mass is 32.2. The van der Waals surface area contributed by atoms with Gasteiger partial charge in [-0.1, -0.05) is 37.0 Å². The first-order chi connectivity index (χ1) is 13.1. The van der Waals surface area contributed by atoms with Gasteiger partial charge < -0.3 is 9.64 Å². The molecule has 0 radical (unpaired) electrons. The number of carbonyl (C=O) groups is 2. The van der Waals surface area contributed by atoms with E-state index >= 15 is 0 Å². The van der Waals surface area contributed by atoms with Crippen molar-refractivity contribution in [1.82, 2.24) is 9.21 Å². The minimum absolute atomic E-state index is 0.106. The Morgan fingerprint density at radius 1 is 1.11 bits per heavy atom. The molecule has 0 heterocycles. The highest BCUT2D eigenvalue weighted by Gasteiger charge is 2.29. The third-order valence-electron chi connectivity index (χ3n) is 5.21. The lowest BCUT2D eigenvalue weighted by Gasteiger charge is -2.32. The average Bonchev–Trinajstić information content (AvgIpc) is 2.67. The number of nitrogens with zero attached hydrogens (tertiary/aromatic N) is 2. The molecule has 0 aromatic heterocycles. The molecule has 28 heavy (non-hydrogen) atoms. The number of esters is 1. The third-order valence-corrected chi connectivity index (χ3v) is 7.02. The summed E-state index contributed by atoms with van der Waals surface area (Å²) in [7, 11) is -0.754. The number of aryl methyl sites for hydroxylation is 1. The maximum atomic E-state index is 12.6. The van der Waals surface area contributed by atoms with Crippen LogP contribution in [0.5, 0.6) is 0 Å². The number of benzene rings is 1. The van der Waals surface area contributed by atoms with Crippen LogP contribution in [0.15, 0.2) is 29.2 Å². The summed E-state index contributed by atoms with van der Waals surface area (Å²) in [5, 5.41) is 0. The van der Waals surface area contributed by atoms with Crippen molar-refractivity contribution < 1.29 is 22.7 Å². The molecule has 1 saturated carbocycles. The van der Waals surface area contributed by atoms with E-state index in [4.69, 9.17) is 4.74 Å². The standard InChI is InChI=1S/C20H30N2O5S/c1-15-10-12-18(13-11-15)28(25,26)21(3)14-19(23)27-16(2)20(24)22(4)17-8-6-5-7-9-17/h10-13,16-17H,5-9,14H2,1-4H3/t16-/m0/s1. The molecular weight excluding hydrogens is 380 g/mol. The summed E-state index contributed by atoms with van der Waals surface area (Å²) < 4.78 is 31.3. The van der Waals surface area contributed by atoms with Crippen LogP contribution in [0.2, 0.25) is 0 Å². The Morgan fingerprint density at radius 2 is 1.68 bits per heavy atom. The zero-order valence-electron chi connectivity index (χ0n) is 17.1. The van der Waals surface area contributed by atoms with Crippen LogP contribution < -0.4 is 0 Å². The molecule has 1 aromatic rings. The van der Waals surface area contributed by atoms with Crippen molar-refractivity contribution in [2.45, 2.75) is 63.0 Å². The van der Waals surface area contributed by atoms with Crippen LogP contribution in [-0.2, 0) is 24.3 Å². The van der Waals surface area contributed by atoms with Gasteiger partial charge in [0.25, 0.3) is 5.91 Å². The largest absolute Gasteiger partial charge is 0.452 e. The van der Waals surface area contributed by atoms with Crippen molar-refractivity contribution in [2.75, 3.05) is 20.6 Å². The van der Waals surface area contributed by atoms with Gasteiger partial charge >= 0.3 is 5.97 Å². The maximum Gasteiger partial charge on any atom is 0.322 e. The van der Waals surface area contributed by atoms with E-state index in [1.807, 2.05) is 6.92 Å². The predicted octanol–water partition coefficient (Wildman–Crippen LogP) is 2.34. The predicted molar refractivity (Wildman–Crippen MR) is 106 cm³/mol. The highest BCUT2D eigenvalue weighted by molar-refractivity contribution is 7.89. The monoisotopic (exact) mass is 410 g/mol. The van der Waals surface area contributed by atoms with Gasteiger partial charge in [0.15, 0.2) is 6.10 Å². The molecule has 0 N–H and O–H groups in total. The first-order valence-corrected chi connectivity index (χ1v) is 11.1. The first-order valence-electron chi connectivity index (χ1n) is 9.62. The van der Waals surface area contributed by atoms with Crippen LogP contribution in [-0.4, -0.2) is 62.3 Å². The van der Waals surface area contributed by atoms with E-state index in [0.717, 1.165) is 35.6 Å². The molecule has 0 aliphatic heterocycles. The Labute approximate surface area is 167 Å². The lowest BCUT2D eigenvalue weighted by Crippen LogP contribution is -2.45. The molecule has 1 amide bonds. The molecule has 0 bridgehead atoms. The number of hydrogen-bond acceptors (Lipinski definition) is 5. The van der Waals surface area contributed by atoms with Crippen LogP contribution in [0.25, 0.3) is 0 Å². The van der Waals surface area contributed by atoms with E-state index in [-0.39, 0.29) is 16.8 Å². The van der Waals surface area contributed by atoms with Gasteiger partial charge in [-0.15, -0.1) is 0 Å². The van der Waals surface area contributed by atoms with Crippen molar-refractivity contribution >= 4 is 21.9 Å². The highest BCUT2D eigenvalue weighted by Crippen LogP contribution is 2.22. The molecule has 8 heteroatoms. The van der Waals surface area contributed by atoms with Gasteiger partial charge in [0, 0.05) is 20.1 Å². The van der Waals surface area contributed by atoms with Crippen molar-refractivity contribution in [3.05, 3.63) is 29.8 Å². The number of amides is 1. The Balaban J connectivity index is 1.92. The lowest BCUT2D eigenvalue weighted by atomic mass is 9.94. The van der Waals surface area contributed by atoms with E-state index in [9.17, 15) is 18.0 Å². The summed E-state index contributed by atoms with van der Waals surface area (Å²) in [5.74, 6) is -1.01. The Morgan fingerprint density at radius 3 is 2.25 bits per heavy atom. The second-order valence-corrected chi connectivity index (χ2v) is 9.49. The number of rotatable bonds is 7. The van der Waals surface area contributed by atoms with Crippen molar-refractivity contribution in [3.8, 4) is 0 Å². The van der Waals surface area contributed by atoms with Crippen LogP contribution in [0, 0.1) is 6.92 Å².